The maximum atomic E-state index is 11.3. The van der Waals surface area contributed by atoms with Crippen LogP contribution in [0.1, 0.15) is 29.3 Å². The number of para-hydroxylation sites is 1. The second kappa shape index (κ2) is 5.13. The summed E-state index contributed by atoms with van der Waals surface area (Å²) in [7, 11) is 0. The third kappa shape index (κ3) is 2.33. The molecule has 0 aliphatic carbocycles. The van der Waals surface area contributed by atoms with E-state index in [1.54, 1.807) is 12.1 Å². The number of fused-ring (bicyclic) bond motifs is 1. The molecule has 0 radical (unpaired) electrons. The summed E-state index contributed by atoms with van der Waals surface area (Å²) in [5.41, 5.74) is 15.9. The molecule has 0 aromatic heterocycles. The first-order valence-corrected chi connectivity index (χ1v) is 7.14. The van der Waals surface area contributed by atoms with Crippen LogP contribution < -0.4 is 16.4 Å². The number of aryl methyl sites for hydroxylation is 1. The molecule has 0 saturated carbocycles. The van der Waals surface area contributed by atoms with Gasteiger partial charge in [-0.05, 0) is 49.6 Å². The van der Waals surface area contributed by atoms with Crippen LogP contribution in [-0.4, -0.2) is 11.9 Å². The molecule has 1 heterocycles. The standard InChI is InChI=1S/C17H19N3O/c1-11-6-7-12-4-2-3-5-15(12)20(11)16-9-8-13(17(19)21)10-14(16)18/h2-5,8-11H,6-7,18H2,1H3,(H2,19,21). The SMILES string of the molecule is CC1CCc2ccccc2N1c1ccc(C(N)=O)cc1N. The number of hydrogen-bond acceptors (Lipinski definition) is 3. The van der Waals surface area contributed by atoms with Crippen LogP contribution in [0.3, 0.4) is 0 Å². The van der Waals surface area contributed by atoms with Gasteiger partial charge in [-0.15, -0.1) is 0 Å². The molecular weight excluding hydrogens is 262 g/mol. The number of benzene rings is 2. The van der Waals surface area contributed by atoms with Crippen molar-refractivity contribution in [3.05, 3.63) is 53.6 Å². The van der Waals surface area contributed by atoms with E-state index >= 15 is 0 Å². The molecule has 0 fully saturated rings. The molecule has 108 valence electrons. The number of carbonyl (C=O) groups excluding carboxylic acids is 1. The van der Waals surface area contributed by atoms with Gasteiger partial charge in [-0.2, -0.15) is 0 Å². The van der Waals surface area contributed by atoms with Crippen molar-refractivity contribution in [2.24, 2.45) is 5.73 Å². The van der Waals surface area contributed by atoms with Gasteiger partial charge in [-0.3, -0.25) is 4.79 Å². The normalized spacial score (nSPS) is 17.4. The van der Waals surface area contributed by atoms with Crippen molar-refractivity contribution in [1.82, 2.24) is 0 Å². The Balaban J connectivity index is 2.09. The second-order valence-electron chi connectivity index (χ2n) is 5.52. The Hall–Kier alpha value is -2.49. The molecule has 4 N–H and O–H groups in total. The van der Waals surface area contributed by atoms with Crippen molar-refractivity contribution in [3.63, 3.8) is 0 Å². The summed E-state index contributed by atoms with van der Waals surface area (Å²) in [6, 6.07) is 14.0. The topological polar surface area (TPSA) is 72.3 Å². The maximum absolute atomic E-state index is 11.3. The van der Waals surface area contributed by atoms with Gasteiger partial charge in [0.05, 0.1) is 11.4 Å². The molecule has 2 aromatic carbocycles. The first kappa shape index (κ1) is 13.5. The van der Waals surface area contributed by atoms with E-state index < -0.39 is 5.91 Å². The minimum atomic E-state index is -0.458. The van der Waals surface area contributed by atoms with Crippen LogP contribution in [0.4, 0.5) is 17.1 Å². The zero-order chi connectivity index (χ0) is 15.0. The van der Waals surface area contributed by atoms with Crippen LogP contribution in [0.2, 0.25) is 0 Å². The largest absolute Gasteiger partial charge is 0.397 e. The lowest BCUT2D eigenvalue weighted by Gasteiger charge is -2.37. The molecule has 1 unspecified atom stereocenters. The van der Waals surface area contributed by atoms with Crippen LogP contribution in [0.15, 0.2) is 42.5 Å². The molecule has 0 saturated heterocycles. The highest BCUT2D eigenvalue weighted by molar-refractivity contribution is 5.95. The van der Waals surface area contributed by atoms with Gasteiger partial charge in [0.15, 0.2) is 0 Å². The van der Waals surface area contributed by atoms with Crippen LogP contribution in [-0.2, 0) is 6.42 Å². The van der Waals surface area contributed by atoms with Crippen LogP contribution in [0.5, 0.6) is 0 Å². The van der Waals surface area contributed by atoms with Gasteiger partial charge in [0.2, 0.25) is 5.91 Å². The molecule has 1 amide bonds. The number of nitrogens with two attached hydrogens (primary N) is 2. The van der Waals surface area contributed by atoms with Crippen molar-refractivity contribution in [2.45, 2.75) is 25.8 Å². The van der Waals surface area contributed by atoms with Gasteiger partial charge in [-0.25, -0.2) is 0 Å². The minimum Gasteiger partial charge on any atom is -0.397 e. The number of anilines is 3. The monoisotopic (exact) mass is 281 g/mol. The Bertz CT molecular complexity index is 696. The Morgan fingerprint density at radius 3 is 2.67 bits per heavy atom. The van der Waals surface area contributed by atoms with Crippen LogP contribution >= 0.6 is 0 Å². The average molecular weight is 281 g/mol. The predicted molar refractivity (Wildman–Crippen MR) is 85.7 cm³/mol. The van der Waals surface area contributed by atoms with E-state index in [0.717, 1.165) is 18.5 Å². The van der Waals surface area contributed by atoms with Crippen molar-refractivity contribution in [1.29, 1.82) is 0 Å². The Morgan fingerprint density at radius 1 is 1.19 bits per heavy atom. The highest BCUT2D eigenvalue weighted by Crippen LogP contribution is 2.39. The van der Waals surface area contributed by atoms with Gasteiger partial charge in [0, 0.05) is 17.3 Å². The number of nitrogen functional groups attached to an aromatic ring is 1. The molecule has 4 heteroatoms. The summed E-state index contributed by atoms with van der Waals surface area (Å²) in [6.45, 7) is 2.19. The van der Waals surface area contributed by atoms with Gasteiger partial charge < -0.3 is 16.4 Å². The molecule has 21 heavy (non-hydrogen) atoms. The van der Waals surface area contributed by atoms with E-state index in [2.05, 4.69) is 30.0 Å². The third-order valence-corrected chi connectivity index (χ3v) is 4.09. The van der Waals surface area contributed by atoms with E-state index in [1.165, 1.54) is 11.3 Å². The van der Waals surface area contributed by atoms with Crippen molar-refractivity contribution in [2.75, 3.05) is 10.6 Å². The molecule has 1 aliphatic heterocycles. The fourth-order valence-electron chi connectivity index (χ4n) is 2.98. The van der Waals surface area contributed by atoms with Gasteiger partial charge in [0.25, 0.3) is 0 Å². The highest BCUT2D eigenvalue weighted by Gasteiger charge is 2.25. The number of hydrogen-bond donors (Lipinski definition) is 2. The predicted octanol–water partition coefficient (Wildman–Crippen LogP) is 2.84. The first-order valence-electron chi connectivity index (χ1n) is 7.14. The summed E-state index contributed by atoms with van der Waals surface area (Å²) in [4.78, 5) is 13.5. The Labute approximate surface area is 124 Å². The van der Waals surface area contributed by atoms with Crippen molar-refractivity contribution < 1.29 is 4.79 Å². The Kier molecular flexibility index (Phi) is 3.29. The molecule has 0 bridgehead atoms. The average Bonchev–Trinajstić information content (AvgIpc) is 2.48. The summed E-state index contributed by atoms with van der Waals surface area (Å²) >= 11 is 0. The van der Waals surface area contributed by atoms with E-state index in [0.29, 0.717) is 17.3 Å². The second-order valence-corrected chi connectivity index (χ2v) is 5.52. The van der Waals surface area contributed by atoms with Gasteiger partial charge in [0.1, 0.15) is 0 Å². The van der Waals surface area contributed by atoms with E-state index in [-0.39, 0.29) is 0 Å². The lowest BCUT2D eigenvalue weighted by atomic mass is 9.95. The smallest absolute Gasteiger partial charge is 0.248 e. The molecule has 0 spiro atoms. The van der Waals surface area contributed by atoms with Gasteiger partial charge in [-0.1, -0.05) is 18.2 Å². The lowest BCUT2D eigenvalue weighted by Crippen LogP contribution is -2.33. The number of carbonyl (C=O) groups is 1. The lowest BCUT2D eigenvalue weighted by molar-refractivity contribution is 0.100. The van der Waals surface area contributed by atoms with Crippen LogP contribution in [0.25, 0.3) is 0 Å². The van der Waals surface area contributed by atoms with Crippen molar-refractivity contribution >= 4 is 23.0 Å². The van der Waals surface area contributed by atoms with Crippen LogP contribution in [0, 0.1) is 0 Å². The third-order valence-electron chi connectivity index (χ3n) is 4.09. The molecule has 2 aromatic rings. The highest BCUT2D eigenvalue weighted by atomic mass is 16.1. The quantitative estimate of drug-likeness (QED) is 0.831. The first-order chi connectivity index (χ1) is 10.1. The molecule has 4 nitrogen and oxygen atoms in total. The summed E-state index contributed by atoms with van der Waals surface area (Å²) in [6.07, 6.45) is 2.15. The minimum absolute atomic E-state index is 0.363. The zero-order valence-corrected chi connectivity index (χ0v) is 12.0. The summed E-state index contributed by atoms with van der Waals surface area (Å²) < 4.78 is 0. The van der Waals surface area contributed by atoms with E-state index in [9.17, 15) is 4.79 Å². The fraction of sp³-hybridized carbons (Fsp3) is 0.235. The number of amides is 1. The molecule has 1 aliphatic rings. The molecular formula is C17H19N3O. The fourth-order valence-corrected chi connectivity index (χ4v) is 2.98. The zero-order valence-electron chi connectivity index (χ0n) is 12.0. The maximum Gasteiger partial charge on any atom is 0.248 e. The van der Waals surface area contributed by atoms with E-state index in [4.69, 9.17) is 11.5 Å². The molecule has 3 rings (SSSR count). The summed E-state index contributed by atoms with van der Waals surface area (Å²) in [5, 5.41) is 0. The number of rotatable bonds is 2. The van der Waals surface area contributed by atoms with E-state index in [1.807, 2.05) is 12.1 Å². The summed E-state index contributed by atoms with van der Waals surface area (Å²) in [5.74, 6) is -0.458. The molecule has 1 atom stereocenters. The van der Waals surface area contributed by atoms with Gasteiger partial charge >= 0.3 is 0 Å². The Morgan fingerprint density at radius 2 is 1.95 bits per heavy atom. The van der Waals surface area contributed by atoms with Crippen molar-refractivity contribution in [3.8, 4) is 0 Å². The number of primary amides is 1. The number of nitrogens with zero attached hydrogens (tertiary/aromatic N) is 1.